The standard InChI is InChI=1S/C17H27N3O3S/c1-20(2)16(18-13-15-7-5-4-6-8-15)19-14-17(24(3,21)22)9-11-23-12-10-17/h4-8H,9-14H2,1-3H3,(H,18,19). The summed E-state index contributed by atoms with van der Waals surface area (Å²) in [5.41, 5.74) is 1.11. The number of benzene rings is 1. The van der Waals surface area contributed by atoms with Crippen molar-refractivity contribution < 1.29 is 13.2 Å². The van der Waals surface area contributed by atoms with Crippen LogP contribution in [0.3, 0.4) is 0 Å². The highest BCUT2D eigenvalue weighted by Crippen LogP contribution is 2.28. The zero-order valence-corrected chi connectivity index (χ0v) is 15.5. The van der Waals surface area contributed by atoms with Crippen molar-refractivity contribution in [3.8, 4) is 0 Å². The molecule has 0 atom stereocenters. The molecule has 0 aromatic heterocycles. The van der Waals surface area contributed by atoms with E-state index >= 15 is 0 Å². The van der Waals surface area contributed by atoms with Crippen molar-refractivity contribution in [3.05, 3.63) is 35.9 Å². The molecule has 0 spiro atoms. The quantitative estimate of drug-likeness (QED) is 0.638. The Morgan fingerprint density at radius 1 is 1.25 bits per heavy atom. The average molecular weight is 353 g/mol. The van der Waals surface area contributed by atoms with E-state index in [1.54, 1.807) is 0 Å². The van der Waals surface area contributed by atoms with Gasteiger partial charge in [0.25, 0.3) is 0 Å². The number of sulfone groups is 1. The van der Waals surface area contributed by atoms with Crippen LogP contribution in [0.25, 0.3) is 0 Å². The monoisotopic (exact) mass is 353 g/mol. The van der Waals surface area contributed by atoms with Crippen LogP contribution >= 0.6 is 0 Å². The second-order valence-corrected chi connectivity index (χ2v) is 8.85. The van der Waals surface area contributed by atoms with Crippen molar-refractivity contribution in [3.63, 3.8) is 0 Å². The molecule has 0 radical (unpaired) electrons. The van der Waals surface area contributed by atoms with Gasteiger partial charge in [-0.15, -0.1) is 0 Å². The van der Waals surface area contributed by atoms with E-state index in [1.165, 1.54) is 6.26 Å². The van der Waals surface area contributed by atoms with Gasteiger partial charge in [-0.25, -0.2) is 13.4 Å². The van der Waals surface area contributed by atoms with Crippen molar-refractivity contribution >= 4 is 15.8 Å². The maximum Gasteiger partial charge on any atom is 0.193 e. The van der Waals surface area contributed by atoms with Crippen LogP contribution in [0.5, 0.6) is 0 Å². The number of hydrogen-bond donors (Lipinski definition) is 1. The molecule has 1 aliphatic rings. The van der Waals surface area contributed by atoms with Gasteiger partial charge in [-0.05, 0) is 18.4 Å². The first-order valence-electron chi connectivity index (χ1n) is 8.11. The van der Waals surface area contributed by atoms with E-state index < -0.39 is 14.6 Å². The van der Waals surface area contributed by atoms with E-state index in [-0.39, 0.29) is 0 Å². The Hall–Kier alpha value is -1.60. The first-order chi connectivity index (χ1) is 11.3. The smallest absolute Gasteiger partial charge is 0.193 e. The molecule has 134 valence electrons. The molecule has 0 bridgehead atoms. The summed E-state index contributed by atoms with van der Waals surface area (Å²) in [6, 6.07) is 9.97. The molecule has 1 aliphatic heterocycles. The predicted molar refractivity (Wildman–Crippen MR) is 96.9 cm³/mol. The predicted octanol–water partition coefficient (Wildman–Crippen LogP) is 1.29. The summed E-state index contributed by atoms with van der Waals surface area (Å²) in [6.07, 6.45) is 2.34. The highest BCUT2D eigenvalue weighted by molar-refractivity contribution is 7.92. The van der Waals surface area contributed by atoms with Gasteiger partial charge in [0.05, 0.1) is 11.3 Å². The second-order valence-electron chi connectivity index (χ2n) is 6.44. The third kappa shape index (κ3) is 4.70. The van der Waals surface area contributed by atoms with Crippen molar-refractivity contribution in [1.82, 2.24) is 10.2 Å². The van der Waals surface area contributed by atoms with E-state index in [0.29, 0.717) is 45.1 Å². The van der Waals surface area contributed by atoms with Gasteiger partial charge in [0, 0.05) is 40.1 Å². The van der Waals surface area contributed by atoms with Gasteiger partial charge in [0.2, 0.25) is 0 Å². The Balaban J connectivity index is 2.09. The third-order valence-corrected chi connectivity index (χ3v) is 6.56. The number of ether oxygens (including phenoxy) is 1. The van der Waals surface area contributed by atoms with Crippen LogP contribution in [-0.4, -0.2) is 64.1 Å². The zero-order valence-electron chi connectivity index (χ0n) is 14.7. The summed E-state index contributed by atoms with van der Waals surface area (Å²) in [5, 5.41) is 3.25. The fourth-order valence-corrected chi connectivity index (χ4v) is 4.01. The summed E-state index contributed by atoms with van der Waals surface area (Å²) < 4.78 is 29.2. The highest BCUT2D eigenvalue weighted by Gasteiger charge is 2.42. The van der Waals surface area contributed by atoms with Crippen molar-refractivity contribution in [2.45, 2.75) is 24.1 Å². The van der Waals surface area contributed by atoms with Crippen molar-refractivity contribution in [2.24, 2.45) is 4.99 Å². The van der Waals surface area contributed by atoms with Gasteiger partial charge in [0.1, 0.15) is 0 Å². The fraction of sp³-hybridized carbons (Fsp3) is 0.588. The number of nitrogens with one attached hydrogen (secondary N) is 1. The summed E-state index contributed by atoms with van der Waals surface area (Å²) in [5.74, 6) is 0.688. The van der Waals surface area contributed by atoms with E-state index in [1.807, 2.05) is 49.3 Å². The molecule has 1 aromatic rings. The zero-order chi connectivity index (χ0) is 17.6. The Morgan fingerprint density at radius 3 is 2.42 bits per heavy atom. The minimum absolute atomic E-state index is 0.348. The molecule has 0 aliphatic carbocycles. The van der Waals surface area contributed by atoms with E-state index in [4.69, 9.17) is 4.74 Å². The molecule has 0 amide bonds. The van der Waals surface area contributed by atoms with Crippen molar-refractivity contribution in [1.29, 1.82) is 0 Å². The van der Waals surface area contributed by atoms with Crippen molar-refractivity contribution in [2.75, 3.05) is 40.1 Å². The van der Waals surface area contributed by atoms with Gasteiger partial charge in [0.15, 0.2) is 15.8 Å². The molecule has 0 saturated carbocycles. The topological polar surface area (TPSA) is 71.0 Å². The van der Waals surface area contributed by atoms with Crippen LogP contribution in [0.1, 0.15) is 18.4 Å². The van der Waals surface area contributed by atoms with Gasteiger partial charge in [-0.1, -0.05) is 30.3 Å². The lowest BCUT2D eigenvalue weighted by Gasteiger charge is -2.36. The Morgan fingerprint density at radius 2 is 1.88 bits per heavy atom. The lowest BCUT2D eigenvalue weighted by molar-refractivity contribution is 0.0755. The SMILES string of the molecule is CN(C)C(=NCc1ccccc1)NCC1(S(C)(=O)=O)CCOCC1. The fourth-order valence-electron chi connectivity index (χ4n) is 2.77. The molecule has 7 heteroatoms. The van der Waals surface area contributed by atoms with E-state index in [2.05, 4.69) is 10.3 Å². The second kappa shape index (κ2) is 7.98. The summed E-state index contributed by atoms with van der Waals surface area (Å²) >= 11 is 0. The average Bonchev–Trinajstić information content (AvgIpc) is 2.55. The minimum atomic E-state index is -3.19. The molecule has 0 unspecified atom stereocenters. The number of rotatable bonds is 5. The summed E-state index contributed by atoms with van der Waals surface area (Å²) in [4.78, 5) is 6.47. The number of nitrogens with zero attached hydrogens (tertiary/aromatic N) is 2. The molecule has 1 heterocycles. The Bertz CT molecular complexity index is 651. The van der Waals surface area contributed by atoms with Gasteiger partial charge < -0.3 is 15.0 Å². The third-order valence-electron chi connectivity index (χ3n) is 4.44. The highest BCUT2D eigenvalue weighted by atomic mass is 32.2. The first kappa shape index (κ1) is 18.7. The molecule has 1 aromatic carbocycles. The van der Waals surface area contributed by atoms with Crippen LogP contribution in [-0.2, 0) is 21.1 Å². The van der Waals surface area contributed by atoms with Gasteiger partial charge in [-0.3, -0.25) is 0 Å². The molecular weight excluding hydrogens is 326 g/mol. The van der Waals surface area contributed by atoms with Crippen LogP contribution in [0.4, 0.5) is 0 Å². The van der Waals surface area contributed by atoms with Crippen LogP contribution < -0.4 is 5.32 Å². The van der Waals surface area contributed by atoms with Gasteiger partial charge >= 0.3 is 0 Å². The molecule has 1 saturated heterocycles. The summed E-state index contributed by atoms with van der Waals surface area (Å²) in [7, 11) is 0.602. The number of hydrogen-bond acceptors (Lipinski definition) is 4. The minimum Gasteiger partial charge on any atom is -0.381 e. The molecular formula is C17H27N3O3S. The number of aliphatic imine (C=N–C) groups is 1. The molecule has 6 nitrogen and oxygen atoms in total. The Kier molecular flexibility index (Phi) is 6.23. The first-order valence-corrected chi connectivity index (χ1v) is 10.0. The molecule has 24 heavy (non-hydrogen) atoms. The lowest BCUT2D eigenvalue weighted by Crippen LogP contribution is -2.53. The maximum atomic E-state index is 12.3. The number of guanidine groups is 1. The molecule has 2 rings (SSSR count). The summed E-state index contributed by atoms with van der Waals surface area (Å²) in [6.45, 7) is 1.86. The van der Waals surface area contributed by atoms with Crippen LogP contribution in [0.2, 0.25) is 0 Å². The van der Waals surface area contributed by atoms with Gasteiger partial charge in [-0.2, -0.15) is 0 Å². The largest absolute Gasteiger partial charge is 0.381 e. The van der Waals surface area contributed by atoms with Crippen LogP contribution in [0, 0.1) is 0 Å². The molecule has 1 N–H and O–H groups in total. The molecule has 1 fully saturated rings. The van der Waals surface area contributed by atoms with Crippen LogP contribution in [0.15, 0.2) is 35.3 Å². The lowest BCUT2D eigenvalue weighted by atomic mass is 9.99. The Labute approximate surface area is 144 Å². The normalized spacial score (nSPS) is 18.2. The van der Waals surface area contributed by atoms with E-state index in [9.17, 15) is 8.42 Å². The maximum absolute atomic E-state index is 12.3. The van der Waals surface area contributed by atoms with E-state index in [0.717, 1.165) is 5.56 Å².